The number of alkyl halides is 2. The van der Waals surface area contributed by atoms with Gasteiger partial charge in [0.05, 0.1) is 18.5 Å². The van der Waals surface area contributed by atoms with Crippen LogP contribution in [0.5, 0.6) is 5.88 Å². The Morgan fingerprint density at radius 1 is 1.17 bits per heavy atom. The van der Waals surface area contributed by atoms with Crippen molar-refractivity contribution in [2.75, 3.05) is 32.1 Å². The summed E-state index contributed by atoms with van der Waals surface area (Å²) in [6.07, 6.45) is 2.08. The van der Waals surface area contributed by atoms with Gasteiger partial charge in [-0.25, -0.2) is 18.7 Å². The second kappa shape index (κ2) is 10.0. The third-order valence-electron chi connectivity index (χ3n) is 7.13. The summed E-state index contributed by atoms with van der Waals surface area (Å²) in [4.78, 5) is 16.4. The second-order valence-corrected chi connectivity index (χ2v) is 9.56. The highest BCUT2D eigenvalue weighted by Gasteiger charge is 2.28. The minimum Gasteiger partial charge on any atom is -0.481 e. The molecule has 1 saturated heterocycles. The molecule has 1 N–H and O–H groups in total. The van der Waals surface area contributed by atoms with E-state index in [1.54, 1.807) is 20.1 Å². The van der Waals surface area contributed by atoms with E-state index in [0.717, 1.165) is 55.9 Å². The lowest BCUT2D eigenvalue weighted by Gasteiger charge is -2.31. The number of rotatable bonds is 7. The minimum atomic E-state index is -2.90. The summed E-state index contributed by atoms with van der Waals surface area (Å²) in [5, 5.41) is 4.27. The normalized spacial score (nSPS) is 16.5. The number of methoxy groups -OCH3 is 1. The number of piperidine rings is 1. The number of aromatic nitrogens is 3. The number of benzene rings is 1. The molecule has 0 saturated carbocycles. The molecule has 8 heteroatoms. The van der Waals surface area contributed by atoms with Gasteiger partial charge in [-0.05, 0) is 76.4 Å². The van der Waals surface area contributed by atoms with Crippen molar-refractivity contribution in [3.8, 4) is 5.88 Å². The van der Waals surface area contributed by atoms with Gasteiger partial charge in [-0.2, -0.15) is 4.98 Å². The van der Waals surface area contributed by atoms with E-state index < -0.39 is 5.92 Å². The Labute approximate surface area is 206 Å². The summed E-state index contributed by atoms with van der Waals surface area (Å²) in [6.45, 7) is 11.8. The predicted molar refractivity (Wildman–Crippen MR) is 135 cm³/mol. The van der Waals surface area contributed by atoms with Crippen molar-refractivity contribution in [2.24, 2.45) is 0 Å². The maximum absolute atomic E-state index is 14.1. The molecule has 0 bridgehead atoms. The molecule has 35 heavy (non-hydrogen) atoms. The van der Waals surface area contributed by atoms with Crippen molar-refractivity contribution < 1.29 is 13.5 Å². The molecule has 1 fully saturated rings. The van der Waals surface area contributed by atoms with Crippen molar-refractivity contribution in [2.45, 2.75) is 65.3 Å². The molecule has 4 rings (SSSR count). The highest BCUT2D eigenvalue weighted by Crippen LogP contribution is 2.38. The van der Waals surface area contributed by atoms with E-state index >= 15 is 0 Å². The molecule has 1 aromatic carbocycles. The zero-order chi connectivity index (χ0) is 25.3. The van der Waals surface area contributed by atoms with Crippen LogP contribution in [0.4, 0.5) is 14.6 Å². The lowest BCUT2D eigenvalue weighted by molar-refractivity contribution is 0.0167. The summed E-state index contributed by atoms with van der Waals surface area (Å²) < 4.78 is 33.9. The summed E-state index contributed by atoms with van der Waals surface area (Å²) in [5.74, 6) is -0.715. The first-order valence-corrected chi connectivity index (χ1v) is 12.3. The van der Waals surface area contributed by atoms with Crippen LogP contribution in [0, 0.1) is 13.8 Å². The fourth-order valence-electron chi connectivity index (χ4n) is 5.17. The van der Waals surface area contributed by atoms with Gasteiger partial charge < -0.3 is 15.0 Å². The van der Waals surface area contributed by atoms with Crippen molar-refractivity contribution in [3.63, 3.8) is 0 Å². The zero-order valence-corrected chi connectivity index (χ0v) is 21.5. The molecule has 6 nitrogen and oxygen atoms in total. The van der Waals surface area contributed by atoms with E-state index in [0.29, 0.717) is 34.7 Å². The van der Waals surface area contributed by atoms with Crippen LogP contribution >= 0.6 is 0 Å². The van der Waals surface area contributed by atoms with Crippen LogP contribution in [0.2, 0.25) is 0 Å². The number of nitrogens with zero attached hydrogens (tertiary/aromatic N) is 4. The van der Waals surface area contributed by atoms with Crippen LogP contribution in [0.1, 0.15) is 73.7 Å². The van der Waals surface area contributed by atoms with Crippen LogP contribution in [-0.4, -0.2) is 46.6 Å². The molecule has 188 valence electrons. The number of fused-ring (bicyclic) bond motifs is 1. The zero-order valence-electron chi connectivity index (χ0n) is 21.5. The molecule has 0 spiro atoms. The lowest BCUT2D eigenvalue weighted by Crippen LogP contribution is -2.32. The Bertz CT molecular complexity index is 1200. The molecule has 0 aliphatic carbocycles. The number of ether oxygens (including phenoxy) is 1. The summed E-state index contributed by atoms with van der Waals surface area (Å²) in [6, 6.07) is 6.91. The van der Waals surface area contributed by atoms with E-state index in [4.69, 9.17) is 9.72 Å². The average molecular weight is 484 g/mol. The molecule has 0 amide bonds. The van der Waals surface area contributed by atoms with Gasteiger partial charge in [0.15, 0.2) is 5.65 Å². The van der Waals surface area contributed by atoms with Crippen LogP contribution in [0.15, 0.2) is 24.3 Å². The van der Waals surface area contributed by atoms with E-state index in [9.17, 15) is 8.78 Å². The molecule has 1 aliphatic rings. The van der Waals surface area contributed by atoms with Gasteiger partial charge in [-0.1, -0.05) is 25.1 Å². The molecular weight excluding hydrogens is 448 g/mol. The molecular formula is C27H35F2N5O. The Hall–Kier alpha value is -2.87. The number of hydrogen-bond donors (Lipinski definition) is 1. The molecule has 1 aliphatic heterocycles. The molecule has 3 aromatic rings. The number of likely N-dealkylation sites (tertiary alicyclic amines) is 1. The first kappa shape index (κ1) is 25.2. The highest BCUT2D eigenvalue weighted by atomic mass is 19.3. The molecule has 0 unspecified atom stereocenters. The van der Waals surface area contributed by atoms with E-state index in [1.807, 2.05) is 19.9 Å². The van der Waals surface area contributed by atoms with Gasteiger partial charge >= 0.3 is 0 Å². The van der Waals surface area contributed by atoms with Crippen LogP contribution < -0.4 is 10.1 Å². The maximum Gasteiger partial charge on any atom is 0.270 e. The van der Waals surface area contributed by atoms with Crippen LogP contribution in [0.25, 0.3) is 11.0 Å². The number of nitrogens with one attached hydrogen (secondary N) is 1. The fraction of sp³-hybridized carbons (Fsp3) is 0.519. The molecule has 1 atom stereocenters. The first-order valence-electron chi connectivity index (χ1n) is 12.3. The summed E-state index contributed by atoms with van der Waals surface area (Å²) in [7, 11) is 1.65. The number of aryl methyl sites for hydroxylation is 1. The van der Waals surface area contributed by atoms with Gasteiger partial charge in [-0.15, -0.1) is 0 Å². The van der Waals surface area contributed by atoms with Crippen molar-refractivity contribution in [1.29, 1.82) is 0 Å². The quantitative estimate of drug-likeness (QED) is 0.436. The summed E-state index contributed by atoms with van der Waals surface area (Å²) >= 11 is 0. The fourth-order valence-corrected chi connectivity index (χ4v) is 5.17. The highest BCUT2D eigenvalue weighted by molar-refractivity contribution is 5.88. The van der Waals surface area contributed by atoms with Crippen LogP contribution in [-0.2, 0) is 5.92 Å². The Balaban J connectivity index is 1.73. The van der Waals surface area contributed by atoms with Crippen molar-refractivity contribution >= 4 is 16.9 Å². The average Bonchev–Trinajstić information content (AvgIpc) is 2.82. The largest absolute Gasteiger partial charge is 0.481 e. The van der Waals surface area contributed by atoms with E-state index in [1.165, 1.54) is 6.07 Å². The molecule has 0 radical (unpaired) electrons. The van der Waals surface area contributed by atoms with Gasteiger partial charge in [0.1, 0.15) is 11.6 Å². The molecule has 2 aromatic heterocycles. The van der Waals surface area contributed by atoms with Gasteiger partial charge in [0.25, 0.3) is 5.92 Å². The Morgan fingerprint density at radius 2 is 1.89 bits per heavy atom. The van der Waals surface area contributed by atoms with Crippen molar-refractivity contribution in [1.82, 2.24) is 19.9 Å². The van der Waals surface area contributed by atoms with Gasteiger partial charge in [0, 0.05) is 18.1 Å². The number of hydrogen-bond acceptors (Lipinski definition) is 6. The SMILES string of the molecule is CCN1CCC(c2cc3c(N[C@H](C)c4cccc(C(C)(F)F)c4C)nc(C)nc3nc2OC)CC1. The standard InChI is InChI=1S/C27H35F2N5O/c1-7-34-13-11-19(12-14-34)21-15-22-24(31-18(4)32-25(22)33-26(21)35-6)30-17(3)20-9-8-10-23(16(20)2)27(5,28)29/h8-10,15,17,19H,7,11-14H2,1-6H3,(H,30,31,32,33)/t17-/m1/s1. The van der Waals surface area contributed by atoms with E-state index in [-0.39, 0.29) is 11.6 Å². The van der Waals surface area contributed by atoms with Crippen molar-refractivity contribution in [3.05, 3.63) is 52.3 Å². The van der Waals surface area contributed by atoms with Gasteiger partial charge in [0.2, 0.25) is 5.88 Å². The monoisotopic (exact) mass is 483 g/mol. The Kier molecular flexibility index (Phi) is 7.22. The predicted octanol–water partition coefficient (Wildman–Crippen LogP) is 6.13. The summed E-state index contributed by atoms with van der Waals surface area (Å²) in [5.41, 5.74) is 3.06. The number of pyridine rings is 1. The first-order chi connectivity index (χ1) is 16.6. The van der Waals surface area contributed by atoms with Gasteiger partial charge in [-0.3, -0.25) is 0 Å². The minimum absolute atomic E-state index is 0.0412. The lowest BCUT2D eigenvalue weighted by atomic mass is 9.89. The second-order valence-electron chi connectivity index (χ2n) is 9.56. The Morgan fingerprint density at radius 3 is 2.51 bits per heavy atom. The van der Waals surface area contributed by atoms with Crippen LogP contribution in [0.3, 0.4) is 0 Å². The number of anilines is 1. The number of halogens is 2. The molecule has 3 heterocycles. The topological polar surface area (TPSA) is 63.2 Å². The smallest absolute Gasteiger partial charge is 0.270 e. The third-order valence-corrected chi connectivity index (χ3v) is 7.13. The van der Waals surface area contributed by atoms with E-state index in [2.05, 4.69) is 33.2 Å². The third kappa shape index (κ3) is 5.22. The maximum atomic E-state index is 14.1.